The number of rotatable bonds is 4. The minimum absolute atomic E-state index is 0. The third-order valence-electron chi connectivity index (χ3n) is 3.93. The van der Waals surface area contributed by atoms with E-state index in [9.17, 15) is 9.59 Å². The molecule has 2 aliphatic rings. The van der Waals surface area contributed by atoms with Gasteiger partial charge in [-0.15, -0.1) is 12.4 Å². The minimum Gasteiger partial charge on any atom is -0.348 e. The van der Waals surface area contributed by atoms with Crippen molar-refractivity contribution in [1.82, 2.24) is 16.0 Å². The second-order valence-electron chi connectivity index (χ2n) is 5.97. The molecule has 1 aromatic rings. The van der Waals surface area contributed by atoms with Crippen LogP contribution in [0.1, 0.15) is 36.0 Å². The summed E-state index contributed by atoms with van der Waals surface area (Å²) in [7, 11) is 0. The van der Waals surface area contributed by atoms with Gasteiger partial charge in [0.05, 0.1) is 0 Å². The number of anilines is 1. The predicted molar refractivity (Wildman–Crippen MR) is 92.2 cm³/mol. The van der Waals surface area contributed by atoms with Gasteiger partial charge in [-0.3, -0.25) is 4.79 Å². The van der Waals surface area contributed by atoms with Crippen LogP contribution < -0.4 is 21.3 Å². The maximum absolute atomic E-state index is 12.3. The molecule has 1 aliphatic heterocycles. The van der Waals surface area contributed by atoms with Crippen LogP contribution in [-0.2, 0) is 0 Å². The van der Waals surface area contributed by atoms with Crippen molar-refractivity contribution >= 4 is 30.0 Å². The lowest BCUT2D eigenvalue weighted by atomic mass is 10.1. The maximum atomic E-state index is 12.3. The molecule has 1 saturated heterocycles. The molecule has 4 N–H and O–H groups in total. The minimum atomic E-state index is -0.212. The van der Waals surface area contributed by atoms with Crippen LogP contribution in [0.15, 0.2) is 24.3 Å². The Kier molecular flexibility index (Phi) is 6.24. The molecule has 23 heavy (non-hydrogen) atoms. The second kappa shape index (κ2) is 8.17. The van der Waals surface area contributed by atoms with Crippen LogP contribution in [0.3, 0.4) is 0 Å². The Bertz CT molecular complexity index is 557. The molecule has 0 radical (unpaired) electrons. The summed E-state index contributed by atoms with van der Waals surface area (Å²) in [5, 5.41) is 11.9. The molecular formula is C16H23ClN4O2. The average molecular weight is 339 g/mol. The number of carbonyl (C=O) groups is 2. The van der Waals surface area contributed by atoms with E-state index in [1.807, 2.05) is 0 Å². The van der Waals surface area contributed by atoms with Gasteiger partial charge in [-0.05, 0) is 50.4 Å². The molecule has 126 valence electrons. The Hall–Kier alpha value is -1.79. The van der Waals surface area contributed by atoms with Crippen molar-refractivity contribution in [1.29, 1.82) is 0 Å². The lowest BCUT2D eigenvalue weighted by molar-refractivity contribution is 0.0930. The fourth-order valence-electron chi connectivity index (χ4n) is 2.56. The molecular weight excluding hydrogens is 316 g/mol. The summed E-state index contributed by atoms with van der Waals surface area (Å²) < 4.78 is 0. The lowest BCUT2D eigenvalue weighted by Crippen LogP contribution is -2.45. The Morgan fingerprint density at radius 3 is 2.61 bits per heavy atom. The third-order valence-corrected chi connectivity index (χ3v) is 3.93. The number of piperidine rings is 1. The Morgan fingerprint density at radius 1 is 1.09 bits per heavy atom. The van der Waals surface area contributed by atoms with Gasteiger partial charge < -0.3 is 21.3 Å². The lowest BCUT2D eigenvalue weighted by Gasteiger charge is -2.23. The van der Waals surface area contributed by atoms with Crippen LogP contribution in [0.4, 0.5) is 10.5 Å². The third kappa shape index (κ3) is 5.41. The molecule has 1 saturated carbocycles. The standard InChI is InChI=1S/C16H22N4O2.ClH/c21-15(18-14-5-2-8-17-10-14)11-3-1-4-13(9-11)20-16(22)19-12-6-7-12;/h1,3-4,9,12,14,17H,2,5-8,10H2,(H,18,21)(H2,19,20,22);1H. The highest BCUT2D eigenvalue weighted by atomic mass is 35.5. The highest BCUT2D eigenvalue weighted by Gasteiger charge is 2.23. The van der Waals surface area contributed by atoms with Crippen LogP contribution in [0, 0.1) is 0 Å². The van der Waals surface area contributed by atoms with Crippen molar-refractivity contribution in [2.24, 2.45) is 0 Å². The first kappa shape index (κ1) is 17.6. The molecule has 0 bridgehead atoms. The molecule has 3 amide bonds. The molecule has 6 nitrogen and oxygen atoms in total. The molecule has 0 aromatic heterocycles. The molecule has 0 spiro atoms. The summed E-state index contributed by atoms with van der Waals surface area (Å²) in [5.74, 6) is -0.0973. The van der Waals surface area contributed by atoms with E-state index in [0.29, 0.717) is 17.3 Å². The SMILES string of the molecule is Cl.O=C(Nc1cccc(C(=O)NC2CCCNC2)c1)NC1CC1. The molecule has 1 atom stereocenters. The van der Waals surface area contributed by atoms with Gasteiger partial charge >= 0.3 is 6.03 Å². The van der Waals surface area contributed by atoms with Gasteiger partial charge in [0.15, 0.2) is 0 Å². The van der Waals surface area contributed by atoms with Crippen LogP contribution in [0.25, 0.3) is 0 Å². The summed E-state index contributed by atoms with van der Waals surface area (Å²) in [5.41, 5.74) is 1.20. The van der Waals surface area contributed by atoms with Gasteiger partial charge in [0.2, 0.25) is 0 Å². The van der Waals surface area contributed by atoms with E-state index >= 15 is 0 Å². The number of benzene rings is 1. The van der Waals surface area contributed by atoms with E-state index in [1.54, 1.807) is 24.3 Å². The number of nitrogens with one attached hydrogen (secondary N) is 4. The summed E-state index contributed by atoms with van der Waals surface area (Å²) >= 11 is 0. The van der Waals surface area contributed by atoms with E-state index in [4.69, 9.17) is 0 Å². The number of urea groups is 1. The summed E-state index contributed by atoms with van der Waals surface area (Å²) in [4.78, 5) is 24.0. The molecule has 7 heteroatoms. The van der Waals surface area contributed by atoms with E-state index in [1.165, 1.54) is 0 Å². The Morgan fingerprint density at radius 2 is 1.91 bits per heavy atom. The van der Waals surface area contributed by atoms with E-state index in [0.717, 1.165) is 38.8 Å². The number of hydrogen-bond donors (Lipinski definition) is 4. The van der Waals surface area contributed by atoms with E-state index < -0.39 is 0 Å². The number of carbonyl (C=O) groups excluding carboxylic acids is 2. The summed E-state index contributed by atoms with van der Waals surface area (Å²) in [6.45, 7) is 1.83. The normalized spacial score (nSPS) is 20.1. The number of amides is 3. The highest BCUT2D eigenvalue weighted by molar-refractivity contribution is 5.97. The zero-order valence-electron chi connectivity index (χ0n) is 12.9. The Labute approximate surface area is 142 Å². The zero-order chi connectivity index (χ0) is 15.4. The second-order valence-corrected chi connectivity index (χ2v) is 5.97. The first-order valence-corrected chi connectivity index (χ1v) is 7.90. The Balaban J connectivity index is 0.00000192. The molecule has 1 unspecified atom stereocenters. The first-order chi connectivity index (χ1) is 10.7. The molecule has 3 rings (SSSR count). The van der Waals surface area contributed by atoms with E-state index in [2.05, 4.69) is 21.3 Å². The van der Waals surface area contributed by atoms with Crippen LogP contribution >= 0.6 is 12.4 Å². The summed E-state index contributed by atoms with van der Waals surface area (Å²) in [6.07, 6.45) is 4.17. The largest absolute Gasteiger partial charge is 0.348 e. The van der Waals surface area contributed by atoms with Crippen LogP contribution in [-0.4, -0.2) is 37.1 Å². The molecule has 1 aliphatic carbocycles. The number of halogens is 1. The first-order valence-electron chi connectivity index (χ1n) is 7.90. The van der Waals surface area contributed by atoms with Crippen molar-refractivity contribution in [3.63, 3.8) is 0 Å². The van der Waals surface area contributed by atoms with E-state index in [-0.39, 0.29) is 30.4 Å². The van der Waals surface area contributed by atoms with Crippen LogP contribution in [0.5, 0.6) is 0 Å². The van der Waals surface area contributed by atoms with Crippen molar-refractivity contribution in [2.75, 3.05) is 18.4 Å². The van der Waals surface area contributed by atoms with Gasteiger partial charge in [0.1, 0.15) is 0 Å². The van der Waals surface area contributed by atoms with Crippen molar-refractivity contribution in [2.45, 2.75) is 37.8 Å². The fraction of sp³-hybridized carbons (Fsp3) is 0.500. The highest BCUT2D eigenvalue weighted by Crippen LogP contribution is 2.19. The van der Waals surface area contributed by atoms with Gasteiger partial charge in [-0.1, -0.05) is 6.07 Å². The average Bonchev–Trinajstić information content (AvgIpc) is 3.32. The fourth-order valence-corrected chi connectivity index (χ4v) is 2.56. The predicted octanol–water partition coefficient (Wildman–Crippen LogP) is 1.87. The number of hydrogen-bond acceptors (Lipinski definition) is 3. The van der Waals surface area contributed by atoms with Crippen LogP contribution in [0.2, 0.25) is 0 Å². The quantitative estimate of drug-likeness (QED) is 0.676. The molecule has 2 fully saturated rings. The maximum Gasteiger partial charge on any atom is 0.319 e. The van der Waals surface area contributed by atoms with Gasteiger partial charge in [0.25, 0.3) is 5.91 Å². The smallest absolute Gasteiger partial charge is 0.319 e. The van der Waals surface area contributed by atoms with Gasteiger partial charge in [-0.2, -0.15) is 0 Å². The monoisotopic (exact) mass is 338 g/mol. The molecule has 1 aromatic carbocycles. The van der Waals surface area contributed by atoms with Crippen molar-refractivity contribution in [3.8, 4) is 0 Å². The molecule has 1 heterocycles. The zero-order valence-corrected chi connectivity index (χ0v) is 13.7. The summed E-state index contributed by atoms with van der Waals surface area (Å²) in [6, 6.07) is 7.30. The van der Waals surface area contributed by atoms with Crippen molar-refractivity contribution < 1.29 is 9.59 Å². The topological polar surface area (TPSA) is 82.3 Å². The van der Waals surface area contributed by atoms with Gasteiger partial charge in [-0.25, -0.2) is 4.79 Å². The van der Waals surface area contributed by atoms with Gasteiger partial charge in [0, 0.05) is 29.9 Å². The van der Waals surface area contributed by atoms with Crippen molar-refractivity contribution in [3.05, 3.63) is 29.8 Å².